The fourth-order valence-electron chi connectivity index (χ4n) is 2.39. The average molecular weight is 241 g/mol. The Bertz CT molecular complexity index is 511. The highest BCUT2D eigenvalue weighted by Crippen LogP contribution is 2.34. The van der Waals surface area contributed by atoms with E-state index in [2.05, 4.69) is 59.7 Å². The molecule has 1 nitrogen and oxygen atoms in total. The zero-order chi connectivity index (χ0) is 11.7. The van der Waals surface area contributed by atoms with Gasteiger partial charge in [-0.3, -0.25) is 0 Å². The van der Waals surface area contributed by atoms with Gasteiger partial charge >= 0.3 is 0 Å². The quantitative estimate of drug-likeness (QED) is 0.733. The standard InChI is InChI=1S/C15H15NS/c1-17-15-9-5-4-8-14(15)16-10-12-6-2-3-7-13(12)11-16/h2-9H,10-11H2,1H3. The molecular weight excluding hydrogens is 226 g/mol. The Morgan fingerprint density at radius 1 is 0.882 bits per heavy atom. The lowest BCUT2D eigenvalue weighted by Crippen LogP contribution is -2.15. The number of hydrogen-bond donors (Lipinski definition) is 0. The van der Waals surface area contributed by atoms with Gasteiger partial charge in [0.25, 0.3) is 0 Å². The molecule has 86 valence electrons. The molecule has 1 aliphatic rings. The summed E-state index contributed by atoms with van der Waals surface area (Å²) in [6.45, 7) is 2.07. The Balaban J connectivity index is 1.94. The van der Waals surface area contributed by atoms with Gasteiger partial charge in [-0.2, -0.15) is 0 Å². The number of rotatable bonds is 2. The zero-order valence-corrected chi connectivity index (χ0v) is 10.7. The first kappa shape index (κ1) is 10.7. The van der Waals surface area contributed by atoms with Crippen molar-refractivity contribution >= 4 is 17.4 Å². The minimum Gasteiger partial charge on any atom is -0.362 e. The molecule has 2 heteroatoms. The highest BCUT2D eigenvalue weighted by molar-refractivity contribution is 7.98. The third-order valence-electron chi connectivity index (χ3n) is 3.27. The van der Waals surface area contributed by atoms with Gasteiger partial charge in [-0.05, 0) is 29.5 Å². The van der Waals surface area contributed by atoms with Crippen LogP contribution in [0.2, 0.25) is 0 Å². The molecule has 0 saturated heterocycles. The monoisotopic (exact) mass is 241 g/mol. The van der Waals surface area contributed by atoms with Crippen molar-refractivity contribution in [2.24, 2.45) is 0 Å². The number of fused-ring (bicyclic) bond motifs is 1. The Morgan fingerprint density at radius 2 is 1.47 bits per heavy atom. The van der Waals surface area contributed by atoms with E-state index in [1.54, 1.807) is 0 Å². The molecule has 17 heavy (non-hydrogen) atoms. The Labute approximate surface area is 106 Å². The van der Waals surface area contributed by atoms with Crippen LogP contribution in [0, 0.1) is 0 Å². The SMILES string of the molecule is CSc1ccccc1N1Cc2ccccc2C1. The van der Waals surface area contributed by atoms with Crippen LogP contribution in [0.5, 0.6) is 0 Å². The molecule has 0 spiro atoms. The topological polar surface area (TPSA) is 3.24 Å². The first-order valence-corrected chi connectivity index (χ1v) is 7.05. The van der Waals surface area contributed by atoms with Gasteiger partial charge in [-0.25, -0.2) is 0 Å². The molecule has 0 atom stereocenters. The molecule has 1 aliphatic heterocycles. The summed E-state index contributed by atoms with van der Waals surface area (Å²) < 4.78 is 0. The first-order chi connectivity index (χ1) is 8.38. The summed E-state index contributed by atoms with van der Waals surface area (Å²) in [5, 5.41) is 0. The van der Waals surface area contributed by atoms with Gasteiger partial charge in [-0.15, -0.1) is 11.8 Å². The summed E-state index contributed by atoms with van der Waals surface area (Å²) in [4.78, 5) is 3.82. The van der Waals surface area contributed by atoms with Crippen LogP contribution in [0.25, 0.3) is 0 Å². The number of thioether (sulfide) groups is 1. The van der Waals surface area contributed by atoms with Crippen molar-refractivity contribution in [1.29, 1.82) is 0 Å². The van der Waals surface area contributed by atoms with Crippen LogP contribution in [0.1, 0.15) is 11.1 Å². The maximum atomic E-state index is 2.45. The van der Waals surface area contributed by atoms with Crippen LogP contribution < -0.4 is 4.90 Å². The molecule has 3 rings (SSSR count). The van der Waals surface area contributed by atoms with E-state index in [4.69, 9.17) is 0 Å². The van der Waals surface area contributed by atoms with Gasteiger partial charge in [0.2, 0.25) is 0 Å². The first-order valence-electron chi connectivity index (χ1n) is 5.83. The van der Waals surface area contributed by atoms with Crippen LogP contribution in [-0.4, -0.2) is 6.26 Å². The predicted octanol–water partition coefficient (Wildman–Crippen LogP) is 3.93. The van der Waals surface area contributed by atoms with E-state index in [0.29, 0.717) is 0 Å². The highest BCUT2D eigenvalue weighted by atomic mass is 32.2. The molecule has 0 radical (unpaired) electrons. The van der Waals surface area contributed by atoms with E-state index >= 15 is 0 Å². The Kier molecular flexibility index (Phi) is 2.81. The number of benzene rings is 2. The number of nitrogens with zero attached hydrogens (tertiary/aromatic N) is 1. The second kappa shape index (κ2) is 4.46. The van der Waals surface area contributed by atoms with Gasteiger partial charge < -0.3 is 4.90 Å². The summed E-state index contributed by atoms with van der Waals surface area (Å²) in [5.41, 5.74) is 4.28. The Morgan fingerprint density at radius 3 is 2.12 bits per heavy atom. The maximum absolute atomic E-state index is 2.45. The van der Waals surface area contributed by atoms with Gasteiger partial charge in [0.1, 0.15) is 0 Å². The molecule has 0 unspecified atom stereocenters. The van der Waals surface area contributed by atoms with Crippen molar-refractivity contribution in [1.82, 2.24) is 0 Å². The lowest BCUT2D eigenvalue weighted by molar-refractivity contribution is 0.868. The van der Waals surface area contributed by atoms with Gasteiger partial charge in [0, 0.05) is 18.0 Å². The summed E-state index contributed by atoms with van der Waals surface area (Å²) in [7, 11) is 0. The van der Waals surface area contributed by atoms with Crippen LogP contribution in [-0.2, 0) is 13.1 Å². The smallest absolute Gasteiger partial charge is 0.0510 e. The predicted molar refractivity (Wildman–Crippen MR) is 74.6 cm³/mol. The molecule has 2 aromatic carbocycles. The Hall–Kier alpha value is -1.41. The minimum absolute atomic E-state index is 1.04. The lowest BCUT2D eigenvalue weighted by atomic mass is 10.1. The van der Waals surface area contributed by atoms with Crippen molar-refractivity contribution in [2.45, 2.75) is 18.0 Å². The third kappa shape index (κ3) is 1.93. The molecule has 0 amide bonds. The molecule has 1 heterocycles. The van der Waals surface area contributed by atoms with E-state index in [1.165, 1.54) is 21.7 Å². The molecule has 0 N–H and O–H groups in total. The van der Waals surface area contributed by atoms with E-state index in [1.807, 2.05) is 11.8 Å². The van der Waals surface area contributed by atoms with Gasteiger partial charge in [0.05, 0.1) is 5.69 Å². The zero-order valence-electron chi connectivity index (χ0n) is 9.89. The lowest BCUT2D eigenvalue weighted by Gasteiger charge is -2.20. The van der Waals surface area contributed by atoms with Crippen LogP contribution in [0.4, 0.5) is 5.69 Å². The van der Waals surface area contributed by atoms with E-state index in [0.717, 1.165) is 13.1 Å². The summed E-state index contributed by atoms with van der Waals surface area (Å²) in [5.74, 6) is 0. The van der Waals surface area contributed by atoms with Crippen molar-refractivity contribution in [3.05, 3.63) is 59.7 Å². The van der Waals surface area contributed by atoms with E-state index < -0.39 is 0 Å². The number of para-hydroxylation sites is 1. The van der Waals surface area contributed by atoms with E-state index in [-0.39, 0.29) is 0 Å². The molecule has 0 fully saturated rings. The molecular formula is C15H15NS. The molecule has 0 aliphatic carbocycles. The van der Waals surface area contributed by atoms with Crippen molar-refractivity contribution in [2.75, 3.05) is 11.2 Å². The number of hydrogen-bond acceptors (Lipinski definition) is 2. The molecule has 0 aromatic heterocycles. The second-order valence-electron chi connectivity index (χ2n) is 4.30. The maximum Gasteiger partial charge on any atom is 0.0510 e. The molecule has 0 bridgehead atoms. The van der Waals surface area contributed by atoms with Crippen molar-refractivity contribution < 1.29 is 0 Å². The van der Waals surface area contributed by atoms with Gasteiger partial charge in [0.15, 0.2) is 0 Å². The highest BCUT2D eigenvalue weighted by Gasteiger charge is 2.19. The number of anilines is 1. The fraction of sp³-hybridized carbons (Fsp3) is 0.200. The average Bonchev–Trinajstić information content (AvgIpc) is 2.82. The molecule has 2 aromatic rings. The summed E-state index contributed by atoms with van der Waals surface area (Å²) in [6, 6.07) is 17.4. The van der Waals surface area contributed by atoms with Crippen LogP contribution in [0.15, 0.2) is 53.4 Å². The summed E-state index contributed by atoms with van der Waals surface area (Å²) in [6.07, 6.45) is 2.14. The third-order valence-corrected chi connectivity index (χ3v) is 4.05. The second-order valence-corrected chi connectivity index (χ2v) is 5.14. The van der Waals surface area contributed by atoms with Crippen LogP contribution in [0.3, 0.4) is 0 Å². The summed E-state index contributed by atoms with van der Waals surface area (Å²) >= 11 is 1.82. The van der Waals surface area contributed by atoms with Crippen LogP contribution >= 0.6 is 11.8 Å². The van der Waals surface area contributed by atoms with Crippen molar-refractivity contribution in [3.8, 4) is 0 Å². The normalized spacial score (nSPS) is 13.8. The van der Waals surface area contributed by atoms with E-state index in [9.17, 15) is 0 Å². The largest absolute Gasteiger partial charge is 0.362 e. The fourth-order valence-corrected chi connectivity index (χ4v) is 3.02. The minimum atomic E-state index is 1.04. The van der Waals surface area contributed by atoms with Crippen molar-refractivity contribution in [3.63, 3.8) is 0 Å². The molecule has 0 saturated carbocycles. The van der Waals surface area contributed by atoms with Gasteiger partial charge in [-0.1, -0.05) is 36.4 Å².